The number of amides is 1. The third-order valence-electron chi connectivity index (χ3n) is 3.72. The average molecular weight is 358 g/mol. The van der Waals surface area contributed by atoms with E-state index >= 15 is 0 Å². The molecular weight excluding hydrogens is 344 g/mol. The number of rotatable bonds is 5. The first-order valence-corrected chi connectivity index (χ1v) is 8.23. The van der Waals surface area contributed by atoms with E-state index in [4.69, 9.17) is 0 Å². The Morgan fingerprint density at radius 2 is 2.20 bits per heavy atom. The molecule has 9 heteroatoms. The van der Waals surface area contributed by atoms with Gasteiger partial charge in [-0.05, 0) is 17.5 Å². The minimum atomic E-state index is -0.573. The molecular formula is C16H14N4O4S. The lowest BCUT2D eigenvalue weighted by Gasteiger charge is -2.17. The zero-order valence-electron chi connectivity index (χ0n) is 13.3. The first-order valence-electron chi connectivity index (χ1n) is 7.35. The minimum Gasteiger partial charge on any atom is -0.339 e. The van der Waals surface area contributed by atoms with Crippen LogP contribution in [0.2, 0.25) is 0 Å². The molecule has 25 heavy (non-hydrogen) atoms. The lowest BCUT2D eigenvalue weighted by molar-refractivity contribution is -0.384. The van der Waals surface area contributed by atoms with Gasteiger partial charge in [0.05, 0.1) is 28.7 Å². The van der Waals surface area contributed by atoms with Crippen LogP contribution in [-0.2, 0) is 17.9 Å². The van der Waals surface area contributed by atoms with Crippen molar-refractivity contribution >= 4 is 33.8 Å². The normalized spacial score (nSPS) is 10.8. The second kappa shape index (κ2) is 6.81. The van der Waals surface area contributed by atoms with E-state index < -0.39 is 10.5 Å². The summed E-state index contributed by atoms with van der Waals surface area (Å²) in [7, 11) is 1.66. The first-order chi connectivity index (χ1) is 12.0. The SMILES string of the molecule is CN(Cc1cccs1)C(=O)Cn1cnc2ccc([N+](=O)[O-])cc2c1=O. The van der Waals surface area contributed by atoms with Crippen molar-refractivity contribution in [1.29, 1.82) is 0 Å². The molecule has 0 saturated carbocycles. The molecule has 2 aromatic heterocycles. The van der Waals surface area contributed by atoms with Crippen LogP contribution < -0.4 is 5.56 Å². The summed E-state index contributed by atoms with van der Waals surface area (Å²) in [6.45, 7) is 0.282. The fourth-order valence-corrected chi connectivity index (χ4v) is 3.12. The third kappa shape index (κ3) is 3.56. The highest BCUT2D eigenvalue weighted by Crippen LogP contribution is 2.16. The molecule has 0 spiro atoms. The number of thiophene rings is 1. The van der Waals surface area contributed by atoms with Crippen LogP contribution in [0.1, 0.15) is 4.88 Å². The number of hydrogen-bond donors (Lipinski definition) is 0. The van der Waals surface area contributed by atoms with E-state index in [1.54, 1.807) is 18.4 Å². The predicted molar refractivity (Wildman–Crippen MR) is 93.5 cm³/mol. The maximum atomic E-state index is 12.5. The molecule has 8 nitrogen and oxygen atoms in total. The Morgan fingerprint density at radius 1 is 1.40 bits per heavy atom. The van der Waals surface area contributed by atoms with Gasteiger partial charge in [-0.2, -0.15) is 0 Å². The molecule has 0 aliphatic heterocycles. The quantitative estimate of drug-likeness (QED) is 0.513. The molecule has 128 valence electrons. The number of carbonyl (C=O) groups is 1. The first kappa shape index (κ1) is 16.8. The molecule has 0 N–H and O–H groups in total. The Hall–Kier alpha value is -3.07. The van der Waals surface area contributed by atoms with Crippen molar-refractivity contribution in [2.45, 2.75) is 13.1 Å². The summed E-state index contributed by atoms with van der Waals surface area (Å²) in [5.41, 5.74) is -0.317. The second-order valence-corrected chi connectivity index (χ2v) is 6.50. The maximum absolute atomic E-state index is 12.5. The van der Waals surface area contributed by atoms with Crippen LogP contribution in [0.5, 0.6) is 0 Å². The molecule has 2 heterocycles. The standard InChI is InChI=1S/C16H14N4O4S/c1-18(8-12-3-2-6-25-12)15(21)9-19-10-17-14-5-4-11(20(23)24)7-13(14)16(19)22/h2-7,10H,8-9H2,1H3. The fraction of sp³-hybridized carbons (Fsp3) is 0.188. The molecule has 0 atom stereocenters. The number of benzene rings is 1. The summed E-state index contributed by atoms with van der Waals surface area (Å²) < 4.78 is 1.17. The minimum absolute atomic E-state index is 0.116. The smallest absolute Gasteiger partial charge is 0.270 e. The van der Waals surface area contributed by atoms with Gasteiger partial charge in [0.25, 0.3) is 11.2 Å². The van der Waals surface area contributed by atoms with Crippen LogP contribution in [0.4, 0.5) is 5.69 Å². The van der Waals surface area contributed by atoms with Crippen molar-refractivity contribution < 1.29 is 9.72 Å². The van der Waals surface area contributed by atoms with Crippen molar-refractivity contribution in [3.05, 3.63) is 67.4 Å². The molecule has 0 unspecified atom stereocenters. The Morgan fingerprint density at radius 3 is 2.88 bits per heavy atom. The molecule has 1 aromatic carbocycles. The largest absolute Gasteiger partial charge is 0.339 e. The molecule has 3 aromatic rings. The van der Waals surface area contributed by atoms with Crippen LogP contribution in [-0.4, -0.2) is 32.3 Å². The summed E-state index contributed by atoms with van der Waals surface area (Å²) >= 11 is 1.55. The van der Waals surface area contributed by atoms with E-state index in [9.17, 15) is 19.7 Å². The van der Waals surface area contributed by atoms with Gasteiger partial charge in [-0.3, -0.25) is 24.3 Å². The Labute approximate surface area is 146 Å². The van der Waals surface area contributed by atoms with Gasteiger partial charge in [0.15, 0.2) is 0 Å². The lowest BCUT2D eigenvalue weighted by Crippen LogP contribution is -2.33. The number of nitro benzene ring substituents is 1. The number of hydrogen-bond acceptors (Lipinski definition) is 6. The van der Waals surface area contributed by atoms with Gasteiger partial charge in [0.1, 0.15) is 6.54 Å². The molecule has 0 saturated heterocycles. The van der Waals surface area contributed by atoms with E-state index in [0.29, 0.717) is 12.1 Å². The summed E-state index contributed by atoms with van der Waals surface area (Å²) in [4.78, 5) is 41.8. The molecule has 3 rings (SSSR count). The van der Waals surface area contributed by atoms with Crippen molar-refractivity contribution in [2.24, 2.45) is 0 Å². The van der Waals surface area contributed by atoms with Gasteiger partial charge in [-0.15, -0.1) is 11.3 Å². The second-order valence-electron chi connectivity index (χ2n) is 5.47. The molecule has 1 amide bonds. The van der Waals surface area contributed by atoms with Crippen molar-refractivity contribution in [3.63, 3.8) is 0 Å². The summed E-state index contributed by atoms with van der Waals surface area (Å²) in [5, 5.41) is 12.9. The van der Waals surface area contributed by atoms with E-state index in [2.05, 4.69) is 4.98 Å². The van der Waals surface area contributed by atoms with Gasteiger partial charge < -0.3 is 4.90 Å². The highest BCUT2D eigenvalue weighted by Gasteiger charge is 2.15. The Bertz CT molecular complexity index is 997. The van der Waals surface area contributed by atoms with Gasteiger partial charge in [-0.1, -0.05) is 6.07 Å². The van der Waals surface area contributed by atoms with E-state index in [1.807, 2.05) is 17.5 Å². The van der Waals surface area contributed by atoms with Crippen LogP contribution in [0, 0.1) is 10.1 Å². The van der Waals surface area contributed by atoms with E-state index in [-0.39, 0.29) is 23.5 Å². The highest BCUT2D eigenvalue weighted by molar-refractivity contribution is 7.09. The molecule has 0 radical (unpaired) electrons. The fourth-order valence-electron chi connectivity index (χ4n) is 2.36. The van der Waals surface area contributed by atoms with Gasteiger partial charge in [-0.25, -0.2) is 4.98 Å². The van der Waals surface area contributed by atoms with Crippen LogP contribution in [0.25, 0.3) is 10.9 Å². The van der Waals surface area contributed by atoms with Crippen LogP contribution >= 0.6 is 11.3 Å². The summed E-state index contributed by atoms with van der Waals surface area (Å²) in [6, 6.07) is 7.73. The lowest BCUT2D eigenvalue weighted by atomic mass is 10.2. The molecule has 0 aliphatic carbocycles. The monoisotopic (exact) mass is 358 g/mol. The zero-order valence-corrected chi connectivity index (χ0v) is 14.1. The zero-order chi connectivity index (χ0) is 18.0. The van der Waals surface area contributed by atoms with E-state index in [0.717, 1.165) is 4.88 Å². The Kier molecular flexibility index (Phi) is 4.57. The summed E-state index contributed by atoms with van der Waals surface area (Å²) in [5.74, 6) is -0.248. The Balaban J connectivity index is 1.85. The molecule has 0 aliphatic rings. The number of nitrogens with zero attached hydrogens (tertiary/aromatic N) is 4. The average Bonchev–Trinajstić information content (AvgIpc) is 3.10. The van der Waals surface area contributed by atoms with Crippen molar-refractivity contribution in [2.75, 3.05) is 7.05 Å². The number of non-ortho nitro benzene ring substituents is 1. The van der Waals surface area contributed by atoms with Crippen molar-refractivity contribution in [1.82, 2.24) is 14.5 Å². The molecule has 0 fully saturated rings. The van der Waals surface area contributed by atoms with Crippen LogP contribution in [0.15, 0.2) is 46.8 Å². The maximum Gasteiger partial charge on any atom is 0.270 e. The van der Waals surface area contributed by atoms with Gasteiger partial charge in [0, 0.05) is 24.1 Å². The number of fused-ring (bicyclic) bond motifs is 1. The van der Waals surface area contributed by atoms with Crippen molar-refractivity contribution in [3.8, 4) is 0 Å². The van der Waals surface area contributed by atoms with Gasteiger partial charge in [0.2, 0.25) is 5.91 Å². The highest BCUT2D eigenvalue weighted by atomic mass is 32.1. The van der Waals surface area contributed by atoms with Gasteiger partial charge >= 0.3 is 0 Å². The predicted octanol–water partition coefficient (Wildman–Crippen LogP) is 2.02. The number of aromatic nitrogens is 2. The van der Waals surface area contributed by atoms with Crippen LogP contribution in [0.3, 0.4) is 0 Å². The van der Waals surface area contributed by atoms with E-state index in [1.165, 1.54) is 34.0 Å². The number of nitro groups is 1. The number of carbonyl (C=O) groups excluding carboxylic acids is 1. The third-order valence-corrected chi connectivity index (χ3v) is 4.58. The number of likely N-dealkylation sites (N-methyl/N-ethyl adjacent to an activating group) is 1. The molecule has 0 bridgehead atoms. The topological polar surface area (TPSA) is 98.3 Å². The summed E-state index contributed by atoms with van der Waals surface area (Å²) in [6.07, 6.45) is 1.29.